The molecular weight excluding hydrogens is 815 g/mol. The second-order valence-corrected chi connectivity index (χ2v) is 15.9. The Morgan fingerprint density at radius 2 is 1.31 bits per heavy atom. The highest BCUT2D eigenvalue weighted by molar-refractivity contribution is 9.10. The third-order valence-electron chi connectivity index (χ3n) is 10.2. The zero-order valence-electron chi connectivity index (χ0n) is 33.0. The molecule has 2 N–H and O–H groups in total. The summed E-state index contributed by atoms with van der Waals surface area (Å²) in [6.45, 7) is 8.56. The van der Waals surface area contributed by atoms with Gasteiger partial charge in [-0.2, -0.15) is 13.2 Å². The smallest absolute Gasteiger partial charge is 0.416 e. The quantitative estimate of drug-likeness (QED) is 0.108. The fourth-order valence-electron chi connectivity index (χ4n) is 6.19. The molecule has 58 heavy (non-hydrogen) atoms. The van der Waals surface area contributed by atoms with Crippen LogP contribution in [-0.4, -0.2) is 35.5 Å². The Hall–Kier alpha value is -5.69. The fourth-order valence-corrected chi connectivity index (χ4v) is 6.63. The van der Waals surface area contributed by atoms with Gasteiger partial charge in [0.2, 0.25) is 11.8 Å². The van der Waals surface area contributed by atoms with E-state index in [1.807, 2.05) is 42.5 Å². The Bertz CT molecular complexity index is 2310. The van der Waals surface area contributed by atoms with Gasteiger partial charge in [-0.05, 0) is 108 Å². The second kappa shape index (κ2) is 17.8. The van der Waals surface area contributed by atoms with Crippen LogP contribution in [0.1, 0.15) is 66.6 Å². The molecule has 0 aliphatic carbocycles. The molecule has 1 atom stereocenters. The first-order valence-electron chi connectivity index (χ1n) is 18.4. The van der Waals surface area contributed by atoms with Gasteiger partial charge in [0, 0.05) is 17.1 Å². The first kappa shape index (κ1) is 43.4. The average Bonchev–Trinajstić information content (AvgIpc) is 3.20. The van der Waals surface area contributed by atoms with Crippen molar-refractivity contribution < 1.29 is 37.0 Å². The lowest BCUT2D eigenvalue weighted by Gasteiger charge is -2.28. The maximum Gasteiger partial charge on any atom is 0.416 e. The highest BCUT2D eigenvalue weighted by atomic mass is 79.9. The van der Waals surface area contributed by atoms with Gasteiger partial charge in [0.1, 0.15) is 24.1 Å². The number of esters is 1. The summed E-state index contributed by atoms with van der Waals surface area (Å²) in [6, 6.07) is 26.5. The fraction of sp³-hybridized carbons (Fsp3) is 0.289. The van der Waals surface area contributed by atoms with Crippen LogP contribution in [-0.2, 0) is 55.7 Å². The van der Waals surface area contributed by atoms with Gasteiger partial charge < -0.3 is 24.7 Å². The van der Waals surface area contributed by atoms with Crippen molar-refractivity contribution in [3.05, 3.63) is 163 Å². The topological polar surface area (TPSA) is 116 Å². The van der Waals surface area contributed by atoms with E-state index in [4.69, 9.17) is 9.47 Å². The van der Waals surface area contributed by atoms with Crippen molar-refractivity contribution >= 4 is 39.4 Å². The molecule has 0 radical (unpaired) electrons. The van der Waals surface area contributed by atoms with Crippen molar-refractivity contribution in [2.75, 3.05) is 12.4 Å². The molecule has 0 saturated carbocycles. The van der Waals surface area contributed by atoms with Gasteiger partial charge in [-0.1, -0.05) is 78.9 Å². The molecule has 13 heteroatoms. The van der Waals surface area contributed by atoms with Crippen molar-refractivity contribution in [3.63, 3.8) is 0 Å². The number of halogens is 4. The lowest BCUT2D eigenvalue weighted by atomic mass is 9.82. The maximum absolute atomic E-state index is 14.2. The number of alkyl halides is 3. The third kappa shape index (κ3) is 10.2. The molecular formula is C45H45BrF3N3O6. The number of aromatic nitrogens is 1. The number of carbonyl (C=O) groups excluding carboxylic acids is 3. The van der Waals surface area contributed by atoms with Crippen LogP contribution in [0.25, 0.3) is 0 Å². The Morgan fingerprint density at radius 3 is 1.90 bits per heavy atom. The molecule has 4 aromatic carbocycles. The molecule has 304 valence electrons. The second-order valence-electron chi connectivity index (χ2n) is 15.1. The molecule has 5 aromatic rings. The number of anilines is 1. The Labute approximate surface area is 343 Å². The molecule has 0 aliphatic rings. The minimum absolute atomic E-state index is 0.000230. The summed E-state index contributed by atoms with van der Waals surface area (Å²) in [6.07, 6.45) is -2.96. The van der Waals surface area contributed by atoms with Gasteiger partial charge in [-0.15, -0.1) is 0 Å². The van der Waals surface area contributed by atoms with Gasteiger partial charge in [-0.3, -0.25) is 19.2 Å². The van der Waals surface area contributed by atoms with Crippen LogP contribution in [0.15, 0.2) is 119 Å². The van der Waals surface area contributed by atoms with Crippen molar-refractivity contribution in [1.82, 2.24) is 9.88 Å². The number of methoxy groups -OCH3 is 1. The van der Waals surface area contributed by atoms with Crippen molar-refractivity contribution in [3.8, 4) is 5.75 Å². The Kier molecular flexibility index (Phi) is 13.4. The SMILES string of the molecule is COc1ccc(Cn2cc(Br)c(C)c(NC(=O)[C@H](Cc3ccc(C(C)(C)C(=O)OCc4ccccc4)cc3)NC(=O)C(C)(C)c3ccc(C(F)(F)F)cc3)c2=O)cc1. The van der Waals surface area contributed by atoms with Crippen molar-refractivity contribution in [2.24, 2.45) is 0 Å². The molecule has 5 rings (SSSR count). The van der Waals surface area contributed by atoms with Crippen LogP contribution in [0, 0.1) is 6.92 Å². The molecule has 2 amide bonds. The van der Waals surface area contributed by atoms with Gasteiger partial charge >= 0.3 is 12.1 Å². The molecule has 0 saturated heterocycles. The van der Waals surface area contributed by atoms with E-state index in [-0.39, 0.29) is 25.3 Å². The molecule has 0 spiro atoms. The van der Waals surface area contributed by atoms with E-state index in [1.165, 1.54) is 16.7 Å². The summed E-state index contributed by atoms with van der Waals surface area (Å²) in [4.78, 5) is 55.3. The molecule has 0 unspecified atom stereocenters. The summed E-state index contributed by atoms with van der Waals surface area (Å²) in [5.74, 6) is -1.10. The van der Waals surface area contributed by atoms with Crippen molar-refractivity contribution in [1.29, 1.82) is 0 Å². The number of hydrogen-bond acceptors (Lipinski definition) is 6. The van der Waals surface area contributed by atoms with Crippen LogP contribution in [0.5, 0.6) is 5.75 Å². The van der Waals surface area contributed by atoms with E-state index in [0.29, 0.717) is 32.5 Å². The minimum Gasteiger partial charge on any atom is -0.497 e. The van der Waals surface area contributed by atoms with Crippen LogP contribution in [0.4, 0.5) is 18.9 Å². The number of hydrogen-bond donors (Lipinski definition) is 2. The van der Waals surface area contributed by atoms with E-state index in [1.54, 1.807) is 84.3 Å². The van der Waals surface area contributed by atoms with Crippen LogP contribution >= 0.6 is 15.9 Å². The van der Waals surface area contributed by atoms with Gasteiger partial charge in [-0.25, -0.2) is 0 Å². The standard InChI is InChI=1S/C45H45BrF3N3O6/c1-28-36(46)26-52(25-30-14-22-35(57-6)23-15-30)40(54)38(28)51-39(53)37(50-41(55)43(2,3)32-18-20-34(21-19-32)45(47,48)49)24-29-12-16-33(17-13-29)44(4,5)42(56)58-27-31-10-8-7-9-11-31/h7-23,26,37H,24-25,27H2,1-6H3,(H,50,55)(H,51,53)/t37-/m0/s1. The molecule has 1 aromatic heterocycles. The zero-order chi connectivity index (χ0) is 42.4. The molecule has 0 bridgehead atoms. The van der Waals surface area contributed by atoms with Crippen molar-refractivity contribution in [2.45, 2.75) is 77.2 Å². The number of nitrogens with zero attached hydrogens (tertiary/aromatic N) is 1. The minimum atomic E-state index is -4.56. The number of ether oxygens (including phenoxy) is 2. The van der Waals surface area contributed by atoms with E-state index in [2.05, 4.69) is 26.6 Å². The lowest BCUT2D eigenvalue weighted by Crippen LogP contribution is -2.51. The predicted octanol–water partition coefficient (Wildman–Crippen LogP) is 8.66. The highest BCUT2D eigenvalue weighted by Crippen LogP contribution is 2.32. The van der Waals surface area contributed by atoms with Crippen LogP contribution in [0.3, 0.4) is 0 Å². The number of amides is 2. The summed E-state index contributed by atoms with van der Waals surface area (Å²) in [5, 5.41) is 5.56. The van der Waals surface area contributed by atoms with E-state index in [9.17, 15) is 32.3 Å². The monoisotopic (exact) mass is 859 g/mol. The Morgan fingerprint density at radius 1 is 0.759 bits per heavy atom. The summed E-state index contributed by atoms with van der Waals surface area (Å²) in [7, 11) is 1.56. The summed E-state index contributed by atoms with van der Waals surface area (Å²) in [5.41, 5.74) is -0.0304. The van der Waals surface area contributed by atoms with E-state index < -0.39 is 52.0 Å². The molecule has 0 fully saturated rings. The van der Waals surface area contributed by atoms with Crippen LogP contribution < -0.4 is 20.9 Å². The number of benzene rings is 4. The predicted molar refractivity (Wildman–Crippen MR) is 220 cm³/mol. The van der Waals surface area contributed by atoms with Crippen LogP contribution in [0.2, 0.25) is 0 Å². The first-order valence-corrected chi connectivity index (χ1v) is 19.2. The Balaban J connectivity index is 1.42. The lowest BCUT2D eigenvalue weighted by molar-refractivity contribution is -0.150. The normalized spacial score (nSPS) is 12.4. The number of nitrogens with one attached hydrogen (secondary N) is 2. The van der Waals surface area contributed by atoms with E-state index >= 15 is 0 Å². The molecule has 9 nitrogen and oxygen atoms in total. The van der Waals surface area contributed by atoms with E-state index in [0.717, 1.165) is 23.3 Å². The summed E-state index contributed by atoms with van der Waals surface area (Å²) < 4.78 is 52.8. The first-order chi connectivity index (χ1) is 27.3. The average molecular weight is 861 g/mol. The zero-order valence-corrected chi connectivity index (χ0v) is 34.6. The third-order valence-corrected chi connectivity index (χ3v) is 11.0. The largest absolute Gasteiger partial charge is 0.497 e. The number of pyridine rings is 1. The maximum atomic E-state index is 14.2. The summed E-state index contributed by atoms with van der Waals surface area (Å²) >= 11 is 3.51. The highest BCUT2D eigenvalue weighted by Gasteiger charge is 2.36. The number of carbonyl (C=O) groups is 3. The molecule has 0 aliphatic heterocycles. The van der Waals surface area contributed by atoms with Gasteiger partial charge in [0.05, 0.1) is 30.0 Å². The molecule has 1 heterocycles. The van der Waals surface area contributed by atoms with Gasteiger partial charge in [0.15, 0.2) is 0 Å². The van der Waals surface area contributed by atoms with Gasteiger partial charge in [0.25, 0.3) is 5.56 Å². The number of rotatable bonds is 14.